The maximum atomic E-state index is 5.62. The predicted octanol–water partition coefficient (Wildman–Crippen LogP) is 3.06. The van der Waals surface area contributed by atoms with Crippen LogP contribution in [0.1, 0.15) is 29.0 Å². The molecule has 2 fully saturated rings. The Bertz CT molecular complexity index is 381. The molecule has 0 saturated carbocycles. The van der Waals surface area contributed by atoms with Gasteiger partial charge >= 0.3 is 0 Å². The zero-order chi connectivity index (χ0) is 11.7. The van der Waals surface area contributed by atoms with E-state index in [1.165, 1.54) is 42.1 Å². The number of hydrogen-bond donors (Lipinski definition) is 0. The first-order valence-electron chi connectivity index (χ1n) is 6.61. The fourth-order valence-electron chi connectivity index (χ4n) is 3.21. The quantitative estimate of drug-likeness (QED) is 0.801. The minimum Gasteiger partial charge on any atom is -0.381 e. The van der Waals surface area contributed by atoms with Crippen molar-refractivity contribution in [1.29, 1.82) is 0 Å². The Morgan fingerprint density at radius 1 is 1.41 bits per heavy atom. The Morgan fingerprint density at radius 3 is 3.06 bits per heavy atom. The van der Waals surface area contributed by atoms with Crippen LogP contribution in [0.2, 0.25) is 0 Å². The average Bonchev–Trinajstić information content (AvgIpc) is 2.89. The molecule has 94 valence electrons. The van der Waals surface area contributed by atoms with Crippen molar-refractivity contribution in [2.24, 2.45) is 5.41 Å². The largest absolute Gasteiger partial charge is 0.381 e. The van der Waals surface area contributed by atoms with Crippen LogP contribution in [0.25, 0.3) is 0 Å². The number of rotatable bonds is 2. The van der Waals surface area contributed by atoms with Gasteiger partial charge in [-0.1, -0.05) is 0 Å². The van der Waals surface area contributed by atoms with Crippen molar-refractivity contribution in [1.82, 2.24) is 4.90 Å². The van der Waals surface area contributed by atoms with Gasteiger partial charge in [-0.2, -0.15) is 0 Å². The summed E-state index contributed by atoms with van der Waals surface area (Å²) in [4.78, 5) is 5.57. The van der Waals surface area contributed by atoms with Gasteiger partial charge in [-0.15, -0.1) is 11.3 Å². The van der Waals surface area contributed by atoms with Gasteiger partial charge < -0.3 is 4.74 Å². The van der Waals surface area contributed by atoms with Crippen molar-refractivity contribution in [2.75, 3.05) is 26.3 Å². The summed E-state index contributed by atoms with van der Waals surface area (Å²) in [6.45, 7) is 7.80. The number of ether oxygens (including phenoxy) is 1. The van der Waals surface area contributed by atoms with E-state index in [0.717, 1.165) is 19.8 Å². The van der Waals surface area contributed by atoms with E-state index in [4.69, 9.17) is 4.74 Å². The zero-order valence-electron chi connectivity index (χ0n) is 10.6. The Hall–Kier alpha value is -0.380. The van der Waals surface area contributed by atoms with Gasteiger partial charge in [0.2, 0.25) is 0 Å². The monoisotopic (exact) mass is 251 g/mol. The number of hydrogen-bond acceptors (Lipinski definition) is 3. The van der Waals surface area contributed by atoms with E-state index >= 15 is 0 Å². The Morgan fingerprint density at radius 2 is 2.35 bits per heavy atom. The van der Waals surface area contributed by atoms with Gasteiger partial charge in [-0.25, -0.2) is 0 Å². The molecule has 0 bridgehead atoms. The van der Waals surface area contributed by atoms with Crippen molar-refractivity contribution < 1.29 is 4.74 Å². The van der Waals surface area contributed by atoms with Gasteiger partial charge in [0, 0.05) is 34.9 Å². The van der Waals surface area contributed by atoms with Crippen molar-refractivity contribution in [3.8, 4) is 0 Å². The van der Waals surface area contributed by atoms with Crippen LogP contribution in [0.15, 0.2) is 12.1 Å². The van der Waals surface area contributed by atoms with Crippen LogP contribution in [0, 0.1) is 12.3 Å². The molecule has 1 aromatic heterocycles. The lowest BCUT2D eigenvalue weighted by atomic mass is 9.79. The standard InChI is InChI=1S/C14H21NOS/c1-12-3-4-13(17-12)9-15-7-2-5-14(10-15)6-8-16-11-14/h3-4H,2,5-11H2,1H3/t14-/m0/s1. The first-order valence-corrected chi connectivity index (χ1v) is 7.43. The molecule has 3 heteroatoms. The van der Waals surface area contributed by atoms with Crippen LogP contribution in [-0.4, -0.2) is 31.2 Å². The first kappa shape index (κ1) is 11.7. The van der Waals surface area contributed by atoms with Crippen molar-refractivity contribution in [3.63, 3.8) is 0 Å². The summed E-state index contributed by atoms with van der Waals surface area (Å²) in [6.07, 6.45) is 3.98. The van der Waals surface area contributed by atoms with Crippen LogP contribution in [-0.2, 0) is 11.3 Å². The molecule has 1 spiro atoms. The molecule has 3 heterocycles. The van der Waals surface area contributed by atoms with Gasteiger partial charge in [0.1, 0.15) is 0 Å². The molecule has 2 saturated heterocycles. The topological polar surface area (TPSA) is 12.5 Å². The average molecular weight is 251 g/mol. The second-order valence-corrected chi connectivity index (χ2v) is 7.00. The van der Waals surface area contributed by atoms with Gasteiger partial charge in [0.05, 0.1) is 6.61 Å². The highest BCUT2D eigenvalue weighted by molar-refractivity contribution is 7.11. The van der Waals surface area contributed by atoms with Crippen LogP contribution in [0.4, 0.5) is 0 Å². The predicted molar refractivity (Wildman–Crippen MR) is 71.4 cm³/mol. The van der Waals surface area contributed by atoms with E-state index in [1.807, 2.05) is 11.3 Å². The van der Waals surface area contributed by atoms with Gasteiger partial charge in [0.15, 0.2) is 0 Å². The lowest BCUT2D eigenvalue weighted by Gasteiger charge is -2.39. The summed E-state index contributed by atoms with van der Waals surface area (Å²) in [7, 11) is 0. The second-order valence-electron chi connectivity index (χ2n) is 5.63. The molecule has 3 rings (SSSR count). The van der Waals surface area contributed by atoms with Crippen LogP contribution in [0.5, 0.6) is 0 Å². The molecule has 2 aliphatic heterocycles. The summed E-state index contributed by atoms with van der Waals surface area (Å²) >= 11 is 1.94. The number of aryl methyl sites for hydroxylation is 1. The lowest BCUT2D eigenvalue weighted by molar-refractivity contribution is 0.0650. The molecule has 1 atom stereocenters. The van der Waals surface area contributed by atoms with E-state index in [1.54, 1.807) is 0 Å². The van der Waals surface area contributed by atoms with E-state index in [9.17, 15) is 0 Å². The van der Waals surface area contributed by atoms with Crippen LogP contribution in [0.3, 0.4) is 0 Å². The highest BCUT2D eigenvalue weighted by Gasteiger charge is 2.38. The highest BCUT2D eigenvalue weighted by Crippen LogP contribution is 2.38. The zero-order valence-corrected chi connectivity index (χ0v) is 11.4. The number of piperidine rings is 1. The third-order valence-electron chi connectivity index (χ3n) is 4.10. The minimum absolute atomic E-state index is 0.491. The number of nitrogens with zero attached hydrogens (tertiary/aromatic N) is 1. The molecule has 0 aliphatic carbocycles. The van der Waals surface area contributed by atoms with Crippen molar-refractivity contribution in [2.45, 2.75) is 32.7 Å². The van der Waals surface area contributed by atoms with Crippen molar-refractivity contribution >= 4 is 11.3 Å². The first-order chi connectivity index (χ1) is 8.26. The molecule has 0 amide bonds. The van der Waals surface area contributed by atoms with Gasteiger partial charge in [-0.3, -0.25) is 4.90 Å². The van der Waals surface area contributed by atoms with Gasteiger partial charge in [0.25, 0.3) is 0 Å². The molecule has 0 N–H and O–H groups in total. The smallest absolute Gasteiger partial charge is 0.0535 e. The summed E-state index contributed by atoms with van der Waals surface area (Å²) in [5.74, 6) is 0. The van der Waals surface area contributed by atoms with E-state index < -0.39 is 0 Å². The second kappa shape index (κ2) is 4.71. The SMILES string of the molecule is Cc1ccc(CN2CCC[C@]3(CCOC3)C2)s1. The third-order valence-corrected chi connectivity index (χ3v) is 5.09. The highest BCUT2D eigenvalue weighted by atomic mass is 32.1. The summed E-state index contributed by atoms with van der Waals surface area (Å²) in [6, 6.07) is 4.52. The van der Waals surface area contributed by atoms with Crippen LogP contribution < -0.4 is 0 Å². The van der Waals surface area contributed by atoms with E-state index in [2.05, 4.69) is 24.0 Å². The molecule has 0 aromatic carbocycles. The molecule has 1 aromatic rings. The normalized spacial score (nSPS) is 30.2. The number of thiophene rings is 1. The van der Waals surface area contributed by atoms with Crippen LogP contribution >= 0.6 is 11.3 Å². The van der Waals surface area contributed by atoms with Gasteiger partial charge in [-0.05, 0) is 44.9 Å². The molecular weight excluding hydrogens is 230 g/mol. The number of likely N-dealkylation sites (tertiary alicyclic amines) is 1. The molecule has 2 nitrogen and oxygen atoms in total. The summed E-state index contributed by atoms with van der Waals surface area (Å²) < 4.78 is 5.62. The minimum atomic E-state index is 0.491. The molecule has 2 aliphatic rings. The van der Waals surface area contributed by atoms with E-state index in [-0.39, 0.29) is 0 Å². The molecule has 0 radical (unpaired) electrons. The maximum absolute atomic E-state index is 5.62. The summed E-state index contributed by atoms with van der Waals surface area (Å²) in [5.41, 5.74) is 0.491. The van der Waals surface area contributed by atoms with E-state index in [0.29, 0.717) is 5.41 Å². The molecule has 17 heavy (non-hydrogen) atoms. The Balaban J connectivity index is 1.64. The Kier molecular flexibility index (Phi) is 3.24. The molecular formula is C14H21NOS. The maximum Gasteiger partial charge on any atom is 0.0535 e. The Labute approximate surface area is 108 Å². The van der Waals surface area contributed by atoms with Crippen molar-refractivity contribution in [3.05, 3.63) is 21.9 Å². The fraction of sp³-hybridized carbons (Fsp3) is 0.714. The lowest BCUT2D eigenvalue weighted by Crippen LogP contribution is -2.43. The third kappa shape index (κ3) is 2.56. The summed E-state index contributed by atoms with van der Waals surface area (Å²) in [5, 5.41) is 0. The fourth-order valence-corrected chi connectivity index (χ4v) is 4.14. The molecule has 0 unspecified atom stereocenters.